The zero-order valence-electron chi connectivity index (χ0n) is 23.7. The van der Waals surface area contributed by atoms with Gasteiger partial charge < -0.3 is 24.4 Å². The van der Waals surface area contributed by atoms with Gasteiger partial charge in [-0.05, 0) is 36.5 Å². The van der Waals surface area contributed by atoms with Gasteiger partial charge in [0.05, 0.1) is 14.2 Å². The normalized spacial score (nSPS) is 14.2. The number of methoxy groups -OCH3 is 2. The third kappa shape index (κ3) is 8.01. The predicted octanol–water partition coefficient (Wildman–Crippen LogP) is 5.48. The Morgan fingerprint density at radius 3 is 2.15 bits per heavy atom. The van der Waals surface area contributed by atoms with Gasteiger partial charge in [-0.25, -0.2) is 0 Å². The number of hydrogen-bond acceptors (Lipinski definition) is 5. The molecule has 1 saturated carbocycles. The van der Waals surface area contributed by atoms with Gasteiger partial charge in [-0.3, -0.25) is 9.59 Å². The van der Waals surface area contributed by atoms with Gasteiger partial charge in [0.25, 0.3) is 5.91 Å². The molecule has 1 unspecified atom stereocenters. The van der Waals surface area contributed by atoms with Crippen LogP contribution >= 0.6 is 0 Å². The number of amides is 2. The largest absolute Gasteiger partial charge is 0.496 e. The number of nitrogens with zero attached hydrogens (tertiary/aromatic N) is 1. The molecule has 7 nitrogen and oxygen atoms in total. The van der Waals surface area contributed by atoms with Crippen molar-refractivity contribution >= 4 is 11.8 Å². The minimum Gasteiger partial charge on any atom is -0.496 e. The van der Waals surface area contributed by atoms with E-state index >= 15 is 0 Å². The van der Waals surface area contributed by atoms with E-state index in [-0.39, 0.29) is 24.5 Å². The van der Waals surface area contributed by atoms with Crippen molar-refractivity contribution in [3.63, 3.8) is 0 Å². The number of aryl methyl sites for hydroxylation is 1. The molecule has 40 heavy (non-hydrogen) atoms. The number of carbonyl (C=O) groups excluding carboxylic acids is 2. The highest BCUT2D eigenvalue weighted by Gasteiger charge is 2.32. The fourth-order valence-electron chi connectivity index (χ4n) is 5.16. The van der Waals surface area contributed by atoms with E-state index in [1.54, 1.807) is 37.3 Å². The number of benzene rings is 3. The highest BCUT2D eigenvalue weighted by molar-refractivity contribution is 5.88. The Kier molecular flexibility index (Phi) is 10.4. The summed E-state index contributed by atoms with van der Waals surface area (Å²) in [6.07, 6.45) is 5.76. The van der Waals surface area contributed by atoms with Gasteiger partial charge in [0.1, 0.15) is 23.3 Å². The van der Waals surface area contributed by atoms with Crippen LogP contribution in [0.15, 0.2) is 72.8 Å². The molecule has 1 fully saturated rings. The van der Waals surface area contributed by atoms with Crippen LogP contribution in [0.4, 0.5) is 0 Å². The minimum absolute atomic E-state index is 0.124. The molecule has 0 heterocycles. The fourth-order valence-corrected chi connectivity index (χ4v) is 5.16. The molecule has 212 valence electrons. The first-order chi connectivity index (χ1) is 19.5. The van der Waals surface area contributed by atoms with E-state index < -0.39 is 6.04 Å². The third-order valence-electron chi connectivity index (χ3n) is 7.51. The molecule has 1 aliphatic carbocycles. The lowest BCUT2D eigenvalue weighted by atomic mass is 9.94. The van der Waals surface area contributed by atoms with Crippen molar-refractivity contribution in [1.82, 2.24) is 10.2 Å². The highest BCUT2D eigenvalue weighted by Crippen LogP contribution is 2.28. The Hall–Kier alpha value is -4.00. The lowest BCUT2D eigenvalue weighted by Crippen LogP contribution is -2.53. The van der Waals surface area contributed by atoms with E-state index in [2.05, 4.69) is 5.32 Å². The maximum Gasteiger partial charge on any atom is 0.261 e. The van der Waals surface area contributed by atoms with Crippen LogP contribution in [0.25, 0.3) is 0 Å². The van der Waals surface area contributed by atoms with Gasteiger partial charge in [0.15, 0.2) is 6.61 Å². The number of carbonyl (C=O) groups is 2. The molecule has 7 heteroatoms. The van der Waals surface area contributed by atoms with Gasteiger partial charge in [0, 0.05) is 37.2 Å². The second kappa shape index (κ2) is 14.4. The summed E-state index contributed by atoms with van der Waals surface area (Å²) in [4.78, 5) is 29.5. The Balaban J connectivity index is 1.63. The summed E-state index contributed by atoms with van der Waals surface area (Å²) in [6, 6.07) is 22.4. The topological polar surface area (TPSA) is 77.1 Å². The standard InChI is InChI=1S/C33H40N2O5/c1-24-12-10-11-15-26(24)22-35(32(36)23-40-30-20-28(38-2)19-29(21-30)39-3)31(18-25-13-6-4-7-14-25)33(37)34-27-16-8-5-9-17-27/h4,6-7,10-15,19-21,27,31H,5,8-9,16-18,22-23H2,1-3H3,(H,34,37). The molecular weight excluding hydrogens is 504 g/mol. The van der Waals surface area contributed by atoms with Crippen LogP contribution in [0.2, 0.25) is 0 Å². The van der Waals surface area contributed by atoms with Crippen molar-refractivity contribution in [2.24, 2.45) is 0 Å². The molecule has 4 rings (SSSR count). The molecule has 3 aromatic carbocycles. The van der Waals surface area contributed by atoms with Crippen LogP contribution < -0.4 is 19.5 Å². The van der Waals surface area contributed by atoms with Crippen molar-refractivity contribution in [2.45, 2.75) is 64.1 Å². The molecule has 0 aromatic heterocycles. The van der Waals surface area contributed by atoms with E-state index in [0.717, 1.165) is 42.4 Å². The van der Waals surface area contributed by atoms with Crippen LogP contribution in [0.5, 0.6) is 17.2 Å². The van der Waals surface area contributed by atoms with Crippen LogP contribution in [0.1, 0.15) is 48.8 Å². The van der Waals surface area contributed by atoms with Crippen molar-refractivity contribution in [1.29, 1.82) is 0 Å². The van der Waals surface area contributed by atoms with Gasteiger partial charge in [-0.15, -0.1) is 0 Å². The zero-order valence-corrected chi connectivity index (χ0v) is 23.7. The summed E-state index contributed by atoms with van der Waals surface area (Å²) in [6.45, 7) is 2.08. The lowest BCUT2D eigenvalue weighted by Gasteiger charge is -2.33. The monoisotopic (exact) mass is 544 g/mol. The summed E-state index contributed by atoms with van der Waals surface area (Å²) < 4.78 is 16.6. The quantitative estimate of drug-likeness (QED) is 0.327. The number of nitrogens with one attached hydrogen (secondary N) is 1. The summed E-state index contributed by atoms with van der Waals surface area (Å²) in [5, 5.41) is 3.27. The Morgan fingerprint density at radius 1 is 0.875 bits per heavy atom. The molecule has 3 aromatic rings. The van der Waals surface area contributed by atoms with Crippen molar-refractivity contribution < 1.29 is 23.8 Å². The molecule has 1 atom stereocenters. The Bertz CT molecular complexity index is 1230. The molecule has 2 amide bonds. The maximum atomic E-state index is 13.9. The molecule has 1 N–H and O–H groups in total. The Morgan fingerprint density at radius 2 is 1.50 bits per heavy atom. The van der Waals surface area contributed by atoms with Gasteiger partial charge in [-0.1, -0.05) is 73.9 Å². The minimum atomic E-state index is -0.695. The van der Waals surface area contributed by atoms with Crippen LogP contribution in [-0.4, -0.2) is 49.6 Å². The first-order valence-electron chi connectivity index (χ1n) is 14.0. The molecular formula is C33H40N2O5. The highest BCUT2D eigenvalue weighted by atomic mass is 16.5. The molecule has 1 aliphatic rings. The van der Waals surface area contributed by atoms with Crippen molar-refractivity contribution in [3.8, 4) is 17.2 Å². The number of rotatable bonds is 12. The fraction of sp³-hybridized carbons (Fsp3) is 0.394. The average Bonchev–Trinajstić information content (AvgIpc) is 2.99. The average molecular weight is 545 g/mol. The Labute approximate surface area is 237 Å². The summed E-state index contributed by atoms with van der Waals surface area (Å²) in [7, 11) is 3.12. The van der Waals surface area contributed by atoms with E-state index in [4.69, 9.17) is 14.2 Å². The second-order valence-corrected chi connectivity index (χ2v) is 10.3. The SMILES string of the molecule is COc1cc(OC)cc(OCC(=O)N(Cc2ccccc2C)C(Cc2ccccc2)C(=O)NC2CCCCC2)c1. The van der Waals surface area contributed by atoms with E-state index in [9.17, 15) is 9.59 Å². The van der Waals surface area contributed by atoms with Crippen molar-refractivity contribution in [2.75, 3.05) is 20.8 Å². The number of hydrogen-bond donors (Lipinski definition) is 1. The van der Waals surface area contributed by atoms with E-state index in [0.29, 0.717) is 30.2 Å². The summed E-state index contributed by atoms with van der Waals surface area (Å²) >= 11 is 0. The van der Waals surface area contributed by atoms with Crippen LogP contribution in [0, 0.1) is 6.92 Å². The predicted molar refractivity (Wildman–Crippen MR) is 156 cm³/mol. The first-order valence-corrected chi connectivity index (χ1v) is 14.0. The molecule has 0 aliphatic heterocycles. The first kappa shape index (κ1) is 29.0. The smallest absolute Gasteiger partial charge is 0.261 e. The summed E-state index contributed by atoms with van der Waals surface area (Å²) in [5.41, 5.74) is 3.04. The van der Waals surface area contributed by atoms with E-state index in [1.807, 2.05) is 61.5 Å². The summed E-state index contributed by atoms with van der Waals surface area (Å²) in [5.74, 6) is 1.18. The molecule has 0 bridgehead atoms. The zero-order chi connectivity index (χ0) is 28.3. The van der Waals surface area contributed by atoms with Crippen LogP contribution in [0.3, 0.4) is 0 Å². The van der Waals surface area contributed by atoms with Gasteiger partial charge >= 0.3 is 0 Å². The maximum absolute atomic E-state index is 13.9. The van der Waals surface area contributed by atoms with Gasteiger partial charge in [0.2, 0.25) is 5.91 Å². The van der Waals surface area contributed by atoms with E-state index in [1.165, 1.54) is 6.42 Å². The van der Waals surface area contributed by atoms with Crippen molar-refractivity contribution in [3.05, 3.63) is 89.5 Å². The lowest BCUT2D eigenvalue weighted by molar-refractivity contribution is -0.143. The molecule has 0 radical (unpaired) electrons. The second-order valence-electron chi connectivity index (χ2n) is 10.3. The van der Waals surface area contributed by atoms with Crippen LogP contribution in [-0.2, 0) is 22.6 Å². The molecule has 0 spiro atoms. The third-order valence-corrected chi connectivity index (χ3v) is 7.51. The van der Waals surface area contributed by atoms with Gasteiger partial charge in [-0.2, -0.15) is 0 Å². The number of ether oxygens (including phenoxy) is 3. The molecule has 0 saturated heterocycles.